The molecule has 0 unspecified atom stereocenters. The fraction of sp³-hybridized carbons (Fsp3) is 0.333. The van der Waals surface area contributed by atoms with Crippen LogP contribution in [-0.2, 0) is 6.42 Å². The first kappa shape index (κ1) is 10.7. The van der Waals surface area contributed by atoms with Crippen molar-refractivity contribution < 1.29 is 17.9 Å². The lowest BCUT2D eigenvalue weighted by Gasteiger charge is -2.11. The van der Waals surface area contributed by atoms with Gasteiger partial charge in [-0.05, 0) is 24.1 Å². The number of aryl methyl sites for hydroxylation is 1. The third-order valence-electron chi connectivity index (χ3n) is 1.71. The van der Waals surface area contributed by atoms with Crippen LogP contribution in [0.1, 0.15) is 12.5 Å². The Kier molecular flexibility index (Phi) is 2.88. The molecule has 0 spiro atoms. The van der Waals surface area contributed by atoms with Crippen LogP contribution in [0.25, 0.3) is 0 Å². The molecule has 0 bridgehead atoms. The minimum Gasteiger partial charge on any atom is -0.404 e. The predicted molar refractivity (Wildman–Crippen MR) is 46.9 cm³/mol. The van der Waals surface area contributed by atoms with Gasteiger partial charge in [0.25, 0.3) is 0 Å². The van der Waals surface area contributed by atoms with E-state index in [9.17, 15) is 13.2 Å². The summed E-state index contributed by atoms with van der Waals surface area (Å²) in [5.41, 5.74) is 6.06. The molecule has 1 aromatic rings. The van der Waals surface area contributed by atoms with Crippen molar-refractivity contribution in [3.63, 3.8) is 0 Å². The van der Waals surface area contributed by atoms with E-state index in [1.807, 2.05) is 6.92 Å². The first-order valence-corrected chi connectivity index (χ1v) is 4.06. The summed E-state index contributed by atoms with van der Waals surface area (Å²) >= 11 is 0. The molecule has 0 heterocycles. The van der Waals surface area contributed by atoms with E-state index in [0.29, 0.717) is 6.42 Å². The second-order valence-electron chi connectivity index (χ2n) is 2.77. The van der Waals surface area contributed by atoms with Gasteiger partial charge < -0.3 is 10.5 Å². The molecule has 0 atom stereocenters. The van der Waals surface area contributed by atoms with E-state index < -0.39 is 6.36 Å². The molecule has 0 aliphatic carbocycles. The zero-order valence-corrected chi connectivity index (χ0v) is 7.56. The summed E-state index contributed by atoms with van der Waals surface area (Å²) in [5.74, 6) is -0.336. The van der Waals surface area contributed by atoms with Crippen LogP contribution in [0.15, 0.2) is 18.2 Å². The Morgan fingerprint density at radius 1 is 1.36 bits per heavy atom. The third-order valence-corrected chi connectivity index (χ3v) is 1.71. The fourth-order valence-electron chi connectivity index (χ4n) is 1.01. The zero-order chi connectivity index (χ0) is 10.8. The van der Waals surface area contributed by atoms with Crippen LogP contribution in [0, 0.1) is 0 Å². The smallest absolute Gasteiger partial charge is 0.404 e. The summed E-state index contributed by atoms with van der Waals surface area (Å²) in [6, 6.07) is 4.36. The van der Waals surface area contributed by atoms with Crippen molar-refractivity contribution in [3.8, 4) is 5.75 Å². The van der Waals surface area contributed by atoms with Crippen molar-refractivity contribution in [2.24, 2.45) is 0 Å². The highest BCUT2D eigenvalue weighted by molar-refractivity contribution is 5.54. The molecule has 0 fully saturated rings. The SMILES string of the molecule is CCc1ccc(N)c(OC(F)(F)F)c1. The van der Waals surface area contributed by atoms with Gasteiger partial charge in [0.05, 0.1) is 5.69 Å². The Bertz CT molecular complexity index is 322. The lowest BCUT2D eigenvalue weighted by atomic mass is 10.1. The Morgan fingerprint density at radius 3 is 2.50 bits per heavy atom. The molecular weight excluding hydrogens is 195 g/mol. The van der Waals surface area contributed by atoms with Crippen LogP contribution in [0.3, 0.4) is 0 Å². The van der Waals surface area contributed by atoms with Crippen LogP contribution < -0.4 is 10.5 Å². The molecule has 0 aliphatic heterocycles. The van der Waals surface area contributed by atoms with E-state index in [2.05, 4.69) is 4.74 Å². The van der Waals surface area contributed by atoms with Crippen molar-refractivity contribution in [3.05, 3.63) is 23.8 Å². The molecule has 2 nitrogen and oxygen atoms in total. The molecule has 1 rings (SSSR count). The summed E-state index contributed by atoms with van der Waals surface area (Å²) in [5, 5.41) is 0. The van der Waals surface area contributed by atoms with Crippen molar-refractivity contribution in [1.29, 1.82) is 0 Å². The van der Waals surface area contributed by atoms with E-state index >= 15 is 0 Å². The van der Waals surface area contributed by atoms with Crippen LogP contribution in [-0.4, -0.2) is 6.36 Å². The molecule has 0 amide bonds. The Labute approximate surface area is 79.5 Å². The highest BCUT2D eigenvalue weighted by Crippen LogP contribution is 2.29. The van der Waals surface area contributed by atoms with Gasteiger partial charge in [0.15, 0.2) is 5.75 Å². The molecule has 14 heavy (non-hydrogen) atoms. The molecule has 0 saturated carbocycles. The van der Waals surface area contributed by atoms with E-state index in [1.165, 1.54) is 12.1 Å². The molecule has 5 heteroatoms. The normalized spacial score (nSPS) is 11.4. The lowest BCUT2D eigenvalue weighted by molar-refractivity contribution is -0.274. The Morgan fingerprint density at radius 2 is 2.00 bits per heavy atom. The standard InChI is InChI=1S/C9H10F3NO/c1-2-6-3-4-7(13)8(5-6)14-9(10,11)12/h3-5H,2,13H2,1H3. The van der Waals surface area contributed by atoms with Crippen LogP contribution >= 0.6 is 0 Å². The highest BCUT2D eigenvalue weighted by atomic mass is 19.4. The number of rotatable bonds is 2. The molecule has 2 N–H and O–H groups in total. The van der Waals surface area contributed by atoms with Gasteiger partial charge in [0, 0.05) is 0 Å². The first-order valence-electron chi connectivity index (χ1n) is 4.06. The molecule has 0 saturated heterocycles. The van der Waals surface area contributed by atoms with Gasteiger partial charge in [-0.15, -0.1) is 13.2 Å². The maximum Gasteiger partial charge on any atom is 0.573 e. The van der Waals surface area contributed by atoms with E-state index in [0.717, 1.165) is 5.56 Å². The largest absolute Gasteiger partial charge is 0.573 e. The highest BCUT2D eigenvalue weighted by Gasteiger charge is 2.31. The molecule has 0 aromatic heterocycles. The summed E-state index contributed by atoms with van der Waals surface area (Å²) < 4.78 is 39.4. The molecule has 0 radical (unpaired) electrons. The minimum absolute atomic E-state index is 0.0143. The molecule has 78 valence electrons. The maximum absolute atomic E-state index is 11.9. The number of benzene rings is 1. The number of alkyl halides is 3. The first-order chi connectivity index (χ1) is 6.42. The quantitative estimate of drug-likeness (QED) is 0.753. The third kappa shape index (κ3) is 2.83. The summed E-state index contributed by atoms with van der Waals surface area (Å²) in [6.07, 6.45) is -4.06. The lowest BCUT2D eigenvalue weighted by Crippen LogP contribution is -2.18. The minimum atomic E-state index is -4.69. The zero-order valence-electron chi connectivity index (χ0n) is 7.56. The van der Waals surface area contributed by atoms with Crippen LogP contribution in [0.5, 0.6) is 5.75 Å². The fourth-order valence-corrected chi connectivity index (χ4v) is 1.01. The average molecular weight is 205 g/mol. The van der Waals surface area contributed by atoms with E-state index in [1.54, 1.807) is 6.07 Å². The summed E-state index contributed by atoms with van der Waals surface area (Å²) in [4.78, 5) is 0. The second-order valence-corrected chi connectivity index (χ2v) is 2.77. The van der Waals surface area contributed by atoms with Gasteiger partial charge in [-0.2, -0.15) is 0 Å². The Balaban J connectivity index is 2.95. The van der Waals surface area contributed by atoms with Gasteiger partial charge in [-0.3, -0.25) is 0 Å². The topological polar surface area (TPSA) is 35.2 Å². The van der Waals surface area contributed by atoms with Crippen molar-refractivity contribution >= 4 is 5.69 Å². The van der Waals surface area contributed by atoms with E-state index in [4.69, 9.17) is 5.73 Å². The van der Waals surface area contributed by atoms with Gasteiger partial charge >= 0.3 is 6.36 Å². The number of hydrogen-bond acceptors (Lipinski definition) is 2. The number of anilines is 1. The number of nitrogens with two attached hydrogens (primary N) is 1. The molecule has 0 aliphatic rings. The maximum atomic E-state index is 11.9. The molecular formula is C9H10F3NO. The second kappa shape index (κ2) is 3.77. The summed E-state index contributed by atoms with van der Waals surface area (Å²) in [6.45, 7) is 1.84. The van der Waals surface area contributed by atoms with Gasteiger partial charge in [0.2, 0.25) is 0 Å². The number of halogens is 3. The van der Waals surface area contributed by atoms with Gasteiger partial charge in [-0.1, -0.05) is 13.0 Å². The monoisotopic (exact) mass is 205 g/mol. The Hall–Kier alpha value is -1.39. The van der Waals surface area contributed by atoms with Crippen LogP contribution in [0.4, 0.5) is 18.9 Å². The summed E-state index contributed by atoms with van der Waals surface area (Å²) in [7, 11) is 0. The number of nitrogen functional groups attached to an aromatic ring is 1. The number of ether oxygens (including phenoxy) is 1. The van der Waals surface area contributed by atoms with Crippen molar-refractivity contribution in [2.75, 3.05) is 5.73 Å². The number of hydrogen-bond donors (Lipinski definition) is 1. The van der Waals surface area contributed by atoms with Gasteiger partial charge in [0.1, 0.15) is 0 Å². The van der Waals surface area contributed by atoms with Crippen molar-refractivity contribution in [2.45, 2.75) is 19.7 Å². The molecule has 1 aromatic carbocycles. The van der Waals surface area contributed by atoms with Crippen LogP contribution in [0.2, 0.25) is 0 Å². The van der Waals surface area contributed by atoms with Crippen molar-refractivity contribution in [1.82, 2.24) is 0 Å². The predicted octanol–water partition coefficient (Wildman–Crippen LogP) is 2.73. The average Bonchev–Trinajstić information content (AvgIpc) is 2.06. The van der Waals surface area contributed by atoms with Gasteiger partial charge in [-0.25, -0.2) is 0 Å². The van der Waals surface area contributed by atoms with E-state index in [-0.39, 0.29) is 11.4 Å².